The molecule has 6 heteroatoms. The Balaban J connectivity index is 1.55. The number of hydrogen-bond donors (Lipinski definition) is 2. The van der Waals surface area contributed by atoms with Gasteiger partial charge in [-0.25, -0.2) is 4.98 Å². The van der Waals surface area contributed by atoms with Gasteiger partial charge >= 0.3 is 0 Å². The summed E-state index contributed by atoms with van der Waals surface area (Å²) in [6.45, 7) is 0.746. The zero-order chi connectivity index (χ0) is 14.4. The second-order valence-electron chi connectivity index (χ2n) is 5.57. The second kappa shape index (κ2) is 4.54. The van der Waals surface area contributed by atoms with Gasteiger partial charge in [-0.1, -0.05) is 0 Å². The highest BCUT2D eigenvalue weighted by atomic mass is 32.1. The minimum Gasteiger partial charge on any atom is -0.493 e. The summed E-state index contributed by atoms with van der Waals surface area (Å²) in [4.78, 5) is 16.4. The highest BCUT2D eigenvalue weighted by Gasteiger charge is 2.46. The molecule has 2 heterocycles. The second-order valence-corrected chi connectivity index (χ2v) is 6.43. The normalized spacial score (nSPS) is 18.0. The van der Waals surface area contributed by atoms with Crippen LogP contribution in [0, 0.1) is 0 Å². The number of nitrogens with one attached hydrogen (secondary N) is 1. The number of benzene rings is 1. The third-order valence-electron chi connectivity index (χ3n) is 3.95. The third-order valence-corrected chi connectivity index (χ3v) is 4.71. The largest absolute Gasteiger partial charge is 0.493 e. The Morgan fingerprint density at radius 2 is 2.29 bits per heavy atom. The van der Waals surface area contributed by atoms with Crippen molar-refractivity contribution >= 4 is 22.4 Å². The van der Waals surface area contributed by atoms with Crippen molar-refractivity contribution in [2.45, 2.75) is 24.8 Å². The summed E-state index contributed by atoms with van der Waals surface area (Å²) in [6, 6.07) is 6.08. The predicted molar refractivity (Wildman–Crippen MR) is 81.5 cm³/mol. The molecule has 2 aliphatic rings. The molecule has 1 aromatic carbocycles. The summed E-state index contributed by atoms with van der Waals surface area (Å²) in [7, 11) is 0. The minimum absolute atomic E-state index is 0.134. The maximum Gasteiger partial charge on any atom is 0.246 e. The molecule has 1 amide bonds. The monoisotopic (exact) mass is 301 g/mol. The Morgan fingerprint density at radius 3 is 3.10 bits per heavy atom. The van der Waals surface area contributed by atoms with Gasteiger partial charge in [-0.05, 0) is 36.6 Å². The van der Waals surface area contributed by atoms with Crippen molar-refractivity contribution in [3.63, 3.8) is 0 Å². The number of nitrogens with two attached hydrogens (primary N) is 1. The van der Waals surface area contributed by atoms with Gasteiger partial charge in [0.15, 0.2) is 5.13 Å². The van der Waals surface area contributed by atoms with Crippen molar-refractivity contribution in [2.75, 3.05) is 11.9 Å². The fourth-order valence-electron chi connectivity index (χ4n) is 2.39. The van der Waals surface area contributed by atoms with E-state index in [0.717, 1.165) is 42.9 Å². The average molecular weight is 301 g/mol. The van der Waals surface area contributed by atoms with E-state index in [1.165, 1.54) is 16.9 Å². The molecule has 1 aliphatic heterocycles. The number of rotatable bonds is 3. The lowest BCUT2D eigenvalue weighted by molar-refractivity contribution is -0.118. The number of carbonyl (C=O) groups is 1. The number of amides is 1. The first-order chi connectivity index (χ1) is 10.1. The molecule has 2 aromatic rings. The number of nitrogens with zero attached hydrogens (tertiary/aromatic N) is 1. The fraction of sp³-hybridized carbons (Fsp3) is 0.333. The molecule has 0 radical (unpaired) electrons. The highest BCUT2D eigenvalue weighted by molar-refractivity contribution is 7.14. The molecule has 5 nitrogen and oxygen atoms in total. The van der Waals surface area contributed by atoms with Crippen LogP contribution >= 0.6 is 11.3 Å². The quantitative estimate of drug-likeness (QED) is 0.911. The van der Waals surface area contributed by atoms with Crippen LogP contribution in [0.5, 0.6) is 5.75 Å². The number of hydrogen-bond acceptors (Lipinski definition) is 5. The molecule has 0 saturated heterocycles. The predicted octanol–water partition coefficient (Wildman–Crippen LogP) is 2.17. The molecule has 1 aromatic heterocycles. The van der Waals surface area contributed by atoms with Crippen molar-refractivity contribution in [3.05, 3.63) is 29.1 Å². The molecule has 0 unspecified atom stereocenters. The molecule has 3 N–H and O–H groups in total. The van der Waals surface area contributed by atoms with E-state index in [1.807, 2.05) is 17.5 Å². The maximum atomic E-state index is 11.9. The Morgan fingerprint density at radius 1 is 1.43 bits per heavy atom. The molecule has 1 aliphatic carbocycles. The van der Waals surface area contributed by atoms with Crippen molar-refractivity contribution < 1.29 is 9.53 Å². The van der Waals surface area contributed by atoms with Gasteiger partial charge in [0.05, 0.1) is 17.8 Å². The third kappa shape index (κ3) is 2.30. The van der Waals surface area contributed by atoms with E-state index >= 15 is 0 Å². The first-order valence-corrected chi connectivity index (χ1v) is 7.84. The Labute approximate surface area is 126 Å². The maximum absolute atomic E-state index is 11.9. The summed E-state index contributed by atoms with van der Waals surface area (Å²) < 4.78 is 5.50. The smallest absolute Gasteiger partial charge is 0.246 e. The van der Waals surface area contributed by atoms with E-state index in [-0.39, 0.29) is 5.91 Å². The number of ether oxygens (including phenoxy) is 1. The van der Waals surface area contributed by atoms with Gasteiger partial charge < -0.3 is 15.8 Å². The van der Waals surface area contributed by atoms with Crippen LogP contribution < -0.4 is 15.8 Å². The molecule has 108 valence electrons. The molecular formula is C15H15N3O2S. The molecule has 21 heavy (non-hydrogen) atoms. The van der Waals surface area contributed by atoms with E-state index in [9.17, 15) is 4.79 Å². The van der Waals surface area contributed by atoms with Crippen LogP contribution in [0.2, 0.25) is 0 Å². The summed E-state index contributed by atoms with van der Waals surface area (Å²) in [5.74, 6) is 0.826. The average Bonchev–Trinajstić information content (AvgIpc) is 2.93. The van der Waals surface area contributed by atoms with Gasteiger partial charge in [-0.3, -0.25) is 4.79 Å². The lowest BCUT2D eigenvalue weighted by Crippen LogP contribution is -2.37. The van der Waals surface area contributed by atoms with Gasteiger partial charge in [0.2, 0.25) is 5.91 Å². The van der Waals surface area contributed by atoms with E-state index in [1.54, 1.807) is 0 Å². The summed E-state index contributed by atoms with van der Waals surface area (Å²) in [5.41, 5.74) is 8.32. The molecular weight excluding hydrogens is 286 g/mol. The van der Waals surface area contributed by atoms with Crippen LogP contribution in [0.1, 0.15) is 18.4 Å². The first-order valence-electron chi connectivity index (χ1n) is 6.96. The lowest BCUT2D eigenvalue weighted by Gasteiger charge is -2.06. The van der Waals surface area contributed by atoms with Crippen LogP contribution in [0.25, 0.3) is 11.3 Å². The number of fused-ring (bicyclic) bond motifs is 1. The molecule has 1 fully saturated rings. The van der Waals surface area contributed by atoms with Crippen LogP contribution in [-0.4, -0.2) is 23.0 Å². The molecule has 0 spiro atoms. The van der Waals surface area contributed by atoms with Crippen molar-refractivity contribution in [1.29, 1.82) is 0 Å². The Bertz CT molecular complexity index is 721. The number of anilines is 1. The van der Waals surface area contributed by atoms with E-state index in [0.29, 0.717) is 5.13 Å². The zero-order valence-corrected chi connectivity index (χ0v) is 12.2. The molecule has 0 bridgehead atoms. The van der Waals surface area contributed by atoms with Gasteiger partial charge in [-0.15, -0.1) is 11.3 Å². The fourth-order valence-corrected chi connectivity index (χ4v) is 3.11. The number of thiazole rings is 1. The van der Waals surface area contributed by atoms with Crippen LogP contribution in [0.3, 0.4) is 0 Å². The number of aromatic nitrogens is 1. The minimum atomic E-state index is -0.670. The molecule has 4 rings (SSSR count). The Kier molecular flexibility index (Phi) is 2.77. The van der Waals surface area contributed by atoms with E-state index in [4.69, 9.17) is 10.5 Å². The van der Waals surface area contributed by atoms with Crippen LogP contribution in [-0.2, 0) is 11.2 Å². The van der Waals surface area contributed by atoms with Crippen molar-refractivity contribution in [3.8, 4) is 17.0 Å². The topological polar surface area (TPSA) is 77.2 Å². The highest BCUT2D eigenvalue weighted by Crippen LogP contribution is 2.35. The molecule has 1 saturated carbocycles. The Hall–Kier alpha value is -1.92. The van der Waals surface area contributed by atoms with Gasteiger partial charge in [-0.2, -0.15) is 0 Å². The first kappa shape index (κ1) is 12.8. The van der Waals surface area contributed by atoms with Gasteiger partial charge in [0.25, 0.3) is 0 Å². The molecule has 0 atom stereocenters. The van der Waals surface area contributed by atoms with Crippen molar-refractivity contribution in [1.82, 2.24) is 4.98 Å². The summed E-state index contributed by atoms with van der Waals surface area (Å²) in [5, 5.41) is 5.35. The van der Waals surface area contributed by atoms with E-state index in [2.05, 4.69) is 16.4 Å². The van der Waals surface area contributed by atoms with Gasteiger partial charge in [0, 0.05) is 17.4 Å². The van der Waals surface area contributed by atoms with Crippen molar-refractivity contribution in [2.24, 2.45) is 5.73 Å². The SMILES string of the molecule is NC1(C(=O)Nc2nc(-c3ccc4c(c3)CCO4)cs2)CC1. The van der Waals surface area contributed by atoms with Crippen LogP contribution in [0.15, 0.2) is 23.6 Å². The number of carbonyl (C=O) groups excluding carboxylic acids is 1. The van der Waals surface area contributed by atoms with E-state index < -0.39 is 5.54 Å². The zero-order valence-electron chi connectivity index (χ0n) is 11.4. The van der Waals surface area contributed by atoms with Crippen LogP contribution in [0.4, 0.5) is 5.13 Å². The summed E-state index contributed by atoms with van der Waals surface area (Å²) in [6.07, 6.45) is 2.44. The standard InChI is InChI=1S/C15H15N3O2S/c16-15(4-5-15)13(19)18-14-17-11(8-21-14)9-1-2-12-10(7-9)3-6-20-12/h1-2,7-8H,3-6,16H2,(H,17,18,19). The summed E-state index contributed by atoms with van der Waals surface area (Å²) >= 11 is 1.42. The lowest BCUT2D eigenvalue weighted by atomic mass is 10.1. The van der Waals surface area contributed by atoms with Gasteiger partial charge in [0.1, 0.15) is 5.75 Å².